The number of halogens is 1. The minimum absolute atomic E-state index is 0.0874. The van der Waals surface area contributed by atoms with Crippen LogP contribution in [0, 0.1) is 6.92 Å². The van der Waals surface area contributed by atoms with Gasteiger partial charge >= 0.3 is 6.03 Å². The minimum atomic E-state index is -0.205. The highest BCUT2D eigenvalue weighted by molar-refractivity contribution is 6.33. The Kier molecular flexibility index (Phi) is 4.94. The van der Waals surface area contributed by atoms with E-state index in [1.165, 1.54) is 0 Å². The Bertz CT molecular complexity index is 730. The second-order valence-electron chi connectivity index (χ2n) is 6.13. The Morgan fingerprint density at radius 3 is 2.88 bits per heavy atom. The van der Waals surface area contributed by atoms with Crippen LogP contribution in [0.1, 0.15) is 18.5 Å². The first-order chi connectivity index (χ1) is 11.5. The van der Waals surface area contributed by atoms with E-state index in [1.807, 2.05) is 44.3 Å². The van der Waals surface area contributed by atoms with Gasteiger partial charge in [0.05, 0.1) is 16.4 Å². The van der Waals surface area contributed by atoms with Crippen molar-refractivity contribution >= 4 is 29.1 Å². The number of aryl methyl sites for hydroxylation is 2. The summed E-state index contributed by atoms with van der Waals surface area (Å²) in [5, 5.41) is 10.9. The summed E-state index contributed by atoms with van der Waals surface area (Å²) < 4.78 is 1.66. The minimum Gasteiger partial charge on any atom is -0.368 e. The van der Waals surface area contributed by atoms with Gasteiger partial charge in [-0.1, -0.05) is 23.7 Å². The van der Waals surface area contributed by atoms with Gasteiger partial charge < -0.3 is 10.2 Å². The fraction of sp³-hybridized carbons (Fsp3) is 0.412. The summed E-state index contributed by atoms with van der Waals surface area (Å²) in [6.45, 7) is 3.59. The van der Waals surface area contributed by atoms with E-state index in [0.29, 0.717) is 5.82 Å². The van der Waals surface area contributed by atoms with Crippen molar-refractivity contribution in [3.05, 3.63) is 41.0 Å². The molecule has 1 aromatic heterocycles. The van der Waals surface area contributed by atoms with Crippen LogP contribution in [0.2, 0.25) is 5.02 Å². The van der Waals surface area contributed by atoms with Crippen LogP contribution in [0.5, 0.6) is 0 Å². The van der Waals surface area contributed by atoms with Crippen molar-refractivity contribution in [2.75, 3.05) is 23.3 Å². The zero-order valence-corrected chi connectivity index (χ0v) is 14.7. The van der Waals surface area contributed by atoms with E-state index in [4.69, 9.17) is 11.6 Å². The number of hydrogen-bond donors (Lipinski definition) is 2. The molecule has 1 aromatic carbocycles. The molecular formula is C17H22ClN5O. The molecule has 24 heavy (non-hydrogen) atoms. The van der Waals surface area contributed by atoms with Crippen molar-refractivity contribution in [1.29, 1.82) is 0 Å². The van der Waals surface area contributed by atoms with Crippen molar-refractivity contribution in [3.8, 4) is 0 Å². The Morgan fingerprint density at radius 2 is 2.17 bits per heavy atom. The van der Waals surface area contributed by atoms with Crippen LogP contribution in [0.4, 0.5) is 16.3 Å². The maximum atomic E-state index is 12.2. The van der Waals surface area contributed by atoms with E-state index in [1.54, 1.807) is 4.68 Å². The van der Waals surface area contributed by atoms with Gasteiger partial charge in [-0.3, -0.25) is 10.00 Å². The molecule has 0 saturated carbocycles. The number of nitrogens with one attached hydrogen (secondary N) is 2. The van der Waals surface area contributed by atoms with Crippen molar-refractivity contribution in [1.82, 2.24) is 15.1 Å². The monoisotopic (exact) mass is 347 g/mol. The SMILES string of the molecule is Cc1cc(NC(=O)NC2CCCN(c3ccccc3Cl)C2)n(C)n1. The topological polar surface area (TPSA) is 62.2 Å². The Morgan fingerprint density at radius 1 is 1.38 bits per heavy atom. The van der Waals surface area contributed by atoms with Crippen LogP contribution in [0.25, 0.3) is 0 Å². The lowest BCUT2D eigenvalue weighted by Crippen LogP contribution is -2.49. The largest absolute Gasteiger partial charge is 0.368 e. The first kappa shape index (κ1) is 16.6. The molecule has 128 valence electrons. The molecule has 1 aliphatic rings. The standard InChI is InChI=1S/C17H22ClN5O/c1-12-10-16(22(2)21-12)20-17(24)19-13-6-5-9-23(11-13)15-8-4-3-7-14(15)18/h3-4,7-8,10,13H,5-6,9,11H2,1-2H3,(H2,19,20,24). The molecule has 2 heterocycles. The quantitative estimate of drug-likeness (QED) is 0.896. The van der Waals surface area contributed by atoms with Gasteiger partial charge in [-0.15, -0.1) is 0 Å². The molecule has 0 aliphatic carbocycles. The van der Waals surface area contributed by atoms with Gasteiger partial charge in [0.15, 0.2) is 0 Å². The Hall–Kier alpha value is -2.21. The molecule has 3 rings (SSSR count). The lowest BCUT2D eigenvalue weighted by molar-refractivity contribution is 0.246. The highest BCUT2D eigenvalue weighted by atomic mass is 35.5. The van der Waals surface area contributed by atoms with E-state index in [9.17, 15) is 4.79 Å². The number of urea groups is 1. The molecule has 0 radical (unpaired) electrons. The second-order valence-corrected chi connectivity index (χ2v) is 6.54. The molecule has 2 aromatic rings. The first-order valence-corrected chi connectivity index (χ1v) is 8.48. The smallest absolute Gasteiger partial charge is 0.320 e. The van der Waals surface area contributed by atoms with E-state index < -0.39 is 0 Å². The van der Waals surface area contributed by atoms with Gasteiger partial charge in [0.2, 0.25) is 0 Å². The number of carbonyl (C=O) groups is 1. The first-order valence-electron chi connectivity index (χ1n) is 8.10. The Balaban J connectivity index is 1.60. The van der Waals surface area contributed by atoms with E-state index in [-0.39, 0.29) is 12.1 Å². The zero-order chi connectivity index (χ0) is 17.1. The number of para-hydroxylation sites is 1. The van der Waals surface area contributed by atoms with Crippen molar-refractivity contribution in [2.24, 2.45) is 7.05 Å². The van der Waals surface area contributed by atoms with E-state index >= 15 is 0 Å². The molecule has 0 spiro atoms. The second kappa shape index (κ2) is 7.13. The van der Waals surface area contributed by atoms with Crippen LogP contribution in [0.3, 0.4) is 0 Å². The summed E-state index contributed by atoms with van der Waals surface area (Å²) in [7, 11) is 1.81. The molecule has 7 heteroatoms. The normalized spacial score (nSPS) is 17.6. The fourth-order valence-electron chi connectivity index (χ4n) is 3.09. The van der Waals surface area contributed by atoms with Crippen molar-refractivity contribution < 1.29 is 4.79 Å². The third-order valence-electron chi connectivity index (χ3n) is 4.19. The number of aromatic nitrogens is 2. The predicted molar refractivity (Wildman–Crippen MR) is 96.8 cm³/mol. The number of carbonyl (C=O) groups excluding carboxylic acids is 1. The van der Waals surface area contributed by atoms with Crippen LogP contribution in [0.15, 0.2) is 30.3 Å². The molecule has 1 atom stereocenters. The molecule has 1 fully saturated rings. The zero-order valence-electron chi connectivity index (χ0n) is 13.9. The number of hydrogen-bond acceptors (Lipinski definition) is 3. The lowest BCUT2D eigenvalue weighted by atomic mass is 10.1. The molecule has 1 aliphatic heterocycles. The van der Waals surface area contributed by atoms with Gasteiger partial charge in [0.25, 0.3) is 0 Å². The molecule has 2 N–H and O–H groups in total. The van der Waals surface area contributed by atoms with E-state index in [0.717, 1.165) is 42.3 Å². The summed E-state index contributed by atoms with van der Waals surface area (Å²) in [4.78, 5) is 14.5. The predicted octanol–water partition coefficient (Wildman–Crippen LogP) is 3.17. The summed E-state index contributed by atoms with van der Waals surface area (Å²) >= 11 is 6.29. The molecule has 0 bridgehead atoms. The number of anilines is 2. The summed E-state index contributed by atoms with van der Waals surface area (Å²) in [5.74, 6) is 0.684. The number of piperidine rings is 1. The number of nitrogens with zero attached hydrogens (tertiary/aromatic N) is 3. The van der Waals surface area contributed by atoms with Crippen LogP contribution in [-0.4, -0.2) is 34.9 Å². The van der Waals surface area contributed by atoms with Gasteiger partial charge in [-0.05, 0) is 31.9 Å². The van der Waals surface area contributed by atoms with Gasteiger partial charge in [-0.25, -0.2) is 4.79 Å². The molecule has 2 amide bonds. The van der Waals surface area contributed by atoms with Crippen LogP contribution >= 0.6 is 11.6 Å². The average molecular weight is 348 g/mol. The third kappa shape index (κ3) is 3.82. The highest BCUT2D eigenvalue weighted by Gasteiger charge is 2.23. The lowest BCUT2D eigenvalue weighted by Gasteiger charge is -2.35. The van der Waals surface area contributed by atoms with Gasteiger partial charge in [0, 0.05) is 32.2 Å². The number of benzene rings is 1. The van der Waals surface area contributed by atoms with Gasteiger partial charge in [0.1, 0.15) is 5.82 Å². The third-order valence-corrected chi connectivity index (χ3v) is 4.51. The average Bonchev–Trinajstić information content (AvgIpc) is 2.85. The van der Waals surface area contributed by atoms with Crippen molar-refractivity contribution in [3.63, 3.8) is 0 Å². The molecule has 1 saturated heterocycles. The Labute approximate surface area is 146 Å². The van der Waals surface area contributed by atoms with Crippen LogP contribution < -0.4 is 15.5 Å². The van der Waals surface area contributed by atoms with E-state index in [2.05, 4.69) is 20.6 Å². The number of rotatable bonds is 3. The molecule has 6 nitrogen and oxygen atoms in total. The summed E-state index contributed by atoms with van der Waals surface area (Å²) in [5.41, 5.74) is 1.89. The maximum Gasteiger partial charge on any atom is 0.320 e. The molecule has 1 unspecified atom stereocenters. The van der Waals surface area contributed by atoms with Crippen molar-refractivity contribution in [2.45, 2.75) is 25.8 Å². The fourth-order valence-corrected chi connectivity index (χ4v) is 3.34. The maximum absolute atomic E-state index is 12.2. The molecular weight excluding hydrogens is 326 g/mol. The summed E-state index contributed by atoms with van der Waals surface area (Å²) in [6, 6.07) is 9.55. The number of amides is 2. The summed E-state index contributed by atoms with van der Waals surface area (Å²) in [6.07, 6.45) is 1.97. The highest BCUT2D eigenvalue weighted by Crippen LogP contribution is 2.27. The van der Waals surface area contributed by atoms with Crippen LogP contribution in [-0.2, 0) is 7.05 Å². The van der Waals surface area contributed by atoms with Gasteiger partial charge in [-0.2, -0.15) is 5.10 Å².